The highest BCUT2D eigenvalue weighted by atomic mass is 32.2. The number of thioether (sulfide) groups is 1. The second kappa shape index (κ2) is 9.92. The van der Waals surface area contributed by atoms with Crippen molar-refractivity contribution in [2.75, 3.05) is 5.75 Å². The smallest absolute Gasteiger partial charge is 0.209 e. The first-order chi connectivity index (χ1) is 14.4. The molecule has 0 aliphatic rings. The average Bonchev–Trinajstić information content (AvgIpc) is 3.42. The van der Waals surface area contributed by atoms with Gasteiger partial charge in [0.15, 0.2) is 0 Å². The lowest BCUT2D eigenvalue weighted by atomic mass is 10.2. The number of unbranched alkanes of at least 4 members (excludes halogenated alkanes) is 2. The summed E-state index contributed by atoms with van der Waals surface area (Å²) in [4.78, 5) is 1.68. The van der Waals surface area contributed by atoms with Crippen molar-refractivity contribution < 1.29 is 0 Å². The van der Waals surface area contributed by atoms with Gasteiger partial charge in [0, 0.05) is 11.3 Å². The van der Waals surface area contributed by atoms with Gasteiger partial charge in [0.05, 0.1) is 13.1 Å². The van der Waals surface area contributed by atoms with Crippen molar-refractivity contribution in [2.24, 2.45) is 0 Å². The molecule has 2 aromatic carbocycles. The van der Waals surface area contributed by atoms with Crippen molar-refractivity contribution in [1.29, 1.82) is 0 Å². The van der Waals surface area contributed by atoms with E-state index in [1.807, 2.05) is 53.2 Å². The zero-order valence-corrected chi connectivity index (χ0v) is 16.8. The molecule has 2 heterocycles. The number of aromatic nitrogens is 8. The quantitative estimate of drug-likeness (QED) is 0.295. The van der Waals surface area contributed by atoms with E-state index < -0.39 is 0 Å². The molecule has 4 rings (SSSR count). The van der Waals surface area contributed by atoms with Crippen LogP contribution < -0.4 is 0 Å². The lowest BCUT2D eigenvalue weighted by Gasteiger charge is -2.04. The largest absolute Gasteiger partial charge is 0.216 e. The summed E-state index contributed by atoms with van der Waals surface area (Å²) >= 11 is 1.70. The molecule has 0 fully saturated rings. The van der Waals surface area contributed by atoms with E-state index >= 15 is 0 Å². The third-order valence-electron chi connectivity index (χ3n) is 4.39. The Morgan fingerprint density at radius 3 is 2.41 bits per heavy atom. The Morgan fingerprint density at radius 1 is 0.793 bits per heavy atom. The molecule has 0 N–H and O–H groups in total. The normalized spacial score (nSPS) is 11.0. The van der Waals surface area contributed by atoms with Gasteiger partial charge in [-0.1, -0.05) is 78.8 Å². The Labute approximate surface area is 173 Å². The molecule has 4 aromatic rings. The molecule has 0 unspecified atom stereocenters. The van der Waals surface area contributed by atoms with Gasteiger partial charge in [-0.05, 0) is 34.0 Å². The van der Waals surface area contributed by atoms with Crippen molar-refractivity contribution in [1.82, 2.24) is 40.4 Å². The van der Waals surface area contributed by atoms with Crippen LogP contribution in [-0.2, 0) is 13.1 Å². The Bertz CT molecular complexity index is 1000. The number of aryl methyl sites for hydroxylation is 1. The van der Waals surface area contributed by atoms with Crippen LogP contribution in [0.25, 0.3) is 11.4 Å². The Kier molecular flexibility index (Phi) is 6.59. The summed E-state index contributed by atoms with van der Waals surface area (Å²) in [6.45, 7) is 1.47. The average molecular weight is 407 g/mol. The fraction of sp³-hybridized carbons (Fsp3) is 0.300. The first-order valence-corrected chi connectivity index (χ1v) is 10.6. The van der Waals surface area contributed by atoms with Crippen molar-refractivity contribution in [3.05, 3.63) is 66.2 Å². The Balaban J connectivity index is 1.17. The highest BCUT2D eigenvalue weighted by Crippen LogP contribution is 2.17. The van der Waals surface area contributed by atoms with Crippen molar-refractivity contribution in [2.45, 2.75) is 37.5 Å². The fourth-order valence-corrected chi connectivity index (χ4v) is 3.77. The number of tetrazole rings is 2. The van der Waals surface area contributed by atoms with Gasteiger partial charge in [-0.25, -0.2) is 4.68 Å². The third-order valence-corrected chi connectivity index (χ3v) is 5.44. The molecule has 0 spiro atoms. The minimum absolute atomic E-state index is 0.673. The summed E-state index contributed by atoms with van der Waals surface area (Å²) in [5, 5.41) is 25.6. The van der Waals surface area contributed by atoms with E-state index in [2.05, 4.69) is 43.1 Å². The zero-order chi connectivity index (χ0) is 19.7. The van der Waals surface area contributed by atoms with Crippen LogP contribution in [0.1, 0.15) is 24.8 Å². The predicted molar refractivity (Wildman–Crippen MR) is 111 cm³/mol. The van der Waals surface area contributed by atoms with Gasteiger partial charge in [0.25, 0.3) is 0 Å². The first-order valence-electron chi connectivity index (χ1n) is 9.64. The molecule has 148 valence electrons. The molecule has 9 heteroatoms. The Morgan fingerprint density at radius 2 is 1.59 bits per heavy atom. The van der Waals surface area contributed by atoms with Crippen molar-refractivity contribution in [3.8, 4) is 11.4 Å². The second-order valence-corrected chi connectivity index (χ2v) is 7.65. The topological polar surface area (TPSA) is 87.2 Å². The molecule has 0 saturated carbocycles. The van der Waals surface area contributed by atoms with Gasteiger partial charge < -0.3 is 0 Å². The third kappa shape index (κ3) is 5.47. The SMILES string of the molecule is c1ccc(Cn2nnnc2SCCCCCn2nnc(-c3ccccc3)n2)cc1. The molecule has 29 heavy (non-hydrogen) atoms. The summed E-state index contributed by atoms with van der Waals surface area (Å²) in [6, 6.07) is 20.1. The van der Waals surface area contributed by atoms with Crippen LogP contribution in [0.4, 0.5) is 0 Å². The maximum atomic E-state index is 4.45. The van der Waals surface area contributed by atoms with Crippen LogP contribution in [0.15, 0.2) is 65.8 Å². The van der Waals surface area contributed by atoms with Gasteiger partial charge in [0.1, 0.15) is 0 Å². The first kappa shape index (κ1) is 19.3. The molecular formula is C20H22N8S. The molecule has 2 aromatic heterocycles. The molecule has 0 aliphatic carbocycles. The maximum Gasteiger partial charge on any atom is 0.209 e. The summed E-state index contributed by atoms with van der Waals surface area (Å²) in [5.41, 5.74) is 2.18. The molecule has 8 nitrogen and oxygen atoms in total. The minimum Gasteiger partial charge on any atom is -0.216 e. The number of rotatable bonds is 10. The summed E-state index contributed by atoms with van der Waals surface area (Å²) in [7, 11) is 0. The fourth-order valence-electron chi connectivity index (χ4n) is 2.89. The van der Waals surface area contributed by atoms with E-state index in [9.17, 15) is 0 Å². The minimum atomic E-state index is 0.673. The van der Waals surface area contributed by atoms with Crippen LogP contribution in [0.5, 0.6) is 0 Å². The van der Waals surface area contributed by atoms with Crippen molar-refractivity contribution >= 4 is 11.8 Å². The van der Waals surface area contributed by atoms with Gasteiger partial charge in [-0.2, -0.15) is 4.80 Å². The number of nitrogens with zero attached hydrogens (tertiary/aromatic N) is 8. The second-order valence-electron chi connectivity index (χ2n) is 6.59. The Hall–Kier alpha value is -3.07. The highest BCUT2D eigenvalue weighted by Gasteiger charge is 2.08. The van der Waals surface area contributed by atoms with Gasteiger partial charge in [-0.3, -0.25) is 0 Å². The predicted octanol–water partition coefficient (Wildman–Crippen LogP) is 3.34. The molecular weight excluding hydrogens is 384 g/mol. The van der Waals surface area contributed by atoms with Crippen LogP contribution in [0, 0.1) is 0 Å². The van der Waals surface area contributed by atoms with Gasteiger partial charge >= 0.3 is 0 Å². The van der Waals surface area contributed by atoms with E-state index in [0.717, 1.165) is 42.3 Å². The number of hydrogen-bond donors (Lipinski definition) is 0. The summed E-state index contributed by atoms with van der Waals surface area (Å²) in [5.74, 6) is 1.65. The number of hydrogen-bond acceptors (Lipinski definition) is 7. The maximum absolute atomic E-state index is 4.45. The molecule has 0 amide bonds. The van der Waals surface area contributed by atoms with Crippen LogP contribution in [-0.4, -0.2) is 46.2 Å². The van der Waals surface area contributed by atoms with Crippen LogP contribution >= 0.6 is 11.8 Å². The molecule has 0 radical (unpaired) electrons. The molecule has 0 saturated heterocycles. The lowest BCUT2D eigenvalue weighted by Crippen LogP contribution is -2.04. The standard InChI is InChI=1S/C20H22N8S/c1-4-10-17(11-5-1)16-27-20(22-24-26-27)29-15-9-3-8-14-28-23-19(21-25-28)18-12-6-2-7-13-18/h1-2,4-7,10-13H,3,8-9,14-16H2. The van der Waals surface area contributed by atoms with Gasteiger partial charge in [-0.15, -0.1) is 15.3 Å². The van der Waals surface area contributed by atoms with E-state index in [1.54, 1.807) is 16.6 Å². The van der Waals surface area contributed by atoms with Crippen molar-refractivity contribution in [3.63, 3.8) is 0 Å². The molecule has 0 aliphatic heterocycles. The molecule has 0 bridgehead atoms. The van der Waals surface area contributed by atoms with E-state index in [-0.39, 0.29) is 0 Å². The monoisotopic (exact) mass is 406 g/mol. The zero-order valence-electron chi connectivity index (χ0n) is 16.0. The van der Waals surface area contributed by atoms with Crippen LogP contribution in [0.2, 0.25) is 0 Å². The lowest BCUT2D eigenvalue weighted by molar-refractivity contribution is 0.486. The highest BCUT2D eigenvalue weighted by molar-refractivity contribution is 7.99. The summed E-state index contributed by atoms with van der Waals surface area (Å²) in [6.07, 6.45) is 3.19. The van der Waals surface area contributed by atoms with Gasteiger partial charge in [0.2, 0.25) is 11.0 Å². The summed E-state index contributed by atoms with van der Waals surface area (Å²) < 4.78 is 1.85. The van der Waals surface area contributed by atoms with E-state index in [4.69, 9.17) is 0 Å². The number of benzene rings is 2. The van der Waals surface area contributed by atoms with E-state index in [1.165, 1.54) is 5.56 Å². The van der Waals surface area contributed by atoms with E-state index in [0.29, 0.717) is 12.4 Å². The molecule has 0 atom stereocenters. The van der Waals surface area contributed by atoms with Crippen LogP contribution in [0.3, 0.4) is 0 Å².